The summed E-state index contributed by atoms with van der Waals surface area (Å²) in [7, 11) is 0. The van der Waals surface area contributed by atoms with Crippen LogP contribution in [0.1, 0.15) is 0 Å². The van der Waals surface area contributed by atoms with Crippen molar-refractivity contribution < 1.29 is 0 Å². The molecule has 0 amide bonds. The number of aromatic nitrogens is 5. The lowest BCUT2D eigenvalue weighted by molar-refractivity contribution is 1.07. The van der Waals surface area contributed by atoms with E-state index in [0.717, 1.165) is 44.7 Å². The highest BCUT2D eigenvalue weighted by molar-refractivity contribution is 6.26. The molecule has 8 aromatic carbocycles. The lowest BCUT2D eigenvalue weighted by atomic mass is 10.0. The Balaban J connectivity index is 1.13. The number of benzene rings is 8. The Kier molecular flexibility index (Phi) is 7.42. The normalized spacial score (nSPS) is 11.6. The van der Waals surface area contributed by atoms with Crippen LogP contribution in [0.15, 0.2) is 200 Å². The minimum Gasteiger partial charge on any atom is -0.309 e. The number of hydrogen-bond donors (Lipinski definition) is 0. The van der Waals surface area contributed by atoms with E-state index in [2.05, 4.69) is 173 Å². The van der Waals surface area contributed by atoms with Crippen LogP contribution in [0.25, 0.3) is 100 Å². The van der Waals surface area contributed by atoms with Crippen molar-refractivity contribution in [2.45, 2.75) is 0 Å². The number of fused-ring (bicyclic) bond motifs is 7. The Labute approximate surface area is 323 Å². The molecule has 3 heterocycles. The SMILES string of the molecule is c1ccc(-c2ccc(-c3nc(-c4ccccc4)nc(-c4cccc(-n5c6ccccc6c6ccc7c(c8ccccc8n7-c7ccccc7)c65)c4)n3)cc2)cc1. The summed E-state index contributed by atoms with van der Waals surface area (Å²) in [5.74, 6) is 1.89. The third-order valence-electron chi connectivity index (χ3n) is 10.8. The molecule has 0 aliphatic heterocycles. The smallest absolute Gasteiger partial charge is 0.164 e. The number of rotatable bonds is 6. The largest absolute Gasteiger partial charge is 0.309 e. The molecule has 0 aliphatic carbocycles. The van der Waals surface area contributed by atoms with Gasteiger partial charge in [0.15, 0.2) is 17.5 Å². The summed E-state index contributed by atoms with van der Waals surface area (Å²) in [5, 5.41) is 4.85. The van der Waals surface area contributed by atoms with Gasteiger partial charge < -0.3 is 9.13 Å². The molecule has 5 nitrogen and oxygen atoms in total. The summed E-state index contributed by atoms with van der Waals surface area (Å²) in [6.07, 6.45) is 0. The molecule has 56 heavy (non-hydrogen) atoms. The van der Waals surface area contributed by atoms with E-state index in [1.807, 2.05) is 36.4 Å². The van der Waals surface area contributed by atoms with Crippen LogP contribution in [0.2, 0.25) is 0 Å². The molecule has 0 saturated carbocycles. The van der Waals surface area contributed by atoms with Crippen molar-refractivity contribution in [2.24, 2.45) is 0 Å². The molecule has 5 heteroatoms. The van der Waals surface area contributed by atoms with Crippen molar-refractivity contribution in [2.75, 3.05) is 0 Å². The molecule has 3 aromatic heterocycles. The Bertz CT molecular complexity index is 3220. The van der Waals surface area contributed by atoms with Gasteiger partial charge in [-0.25, -0.2) is 15.0 Å². The second-order valence-corrected chi connectivity index (χ2v) is 14.1. The van der Waals surface area contributed by atoms with Crippen LogP contribution in [-0.4, -0.2) is 24.1 Å². The molecule has 0 radical (unpaired) electrons. The van der Waals surface area contributed by atoms with Crippen LogP contribution in [-0.2, 0) is 0 Å². The summed E-state index contributed by atoms with van der Waals surface area (Å²) in [4.78, 5) is 15.3. The van der Waals surface area contributed by atoms with E-state index in [9.17, 15) is 0 Å². The summed E-state index contributed by atoms with van der Waals surface area (Å²) < 4.78 is 4.80. The first-order valence-corrected chi connectivity index (χ1v) is 18.9. The fourth-order valence-electron chi connectivity index (χ4n) is 8.21. The van der Waals surface area contributed by atoms with Crippen molar-refractivity contribution in [3.63, 3.8) is 0 Å². The molecule has 0 unspecified atom stereocenters. The minimum atomic E-state index is 0.620. The molecule has 0 saturated heterocycles. The first-order chi connectivity index (χ1) is 27.8. The Morgan fingerprint density at radius 3 is 1.46 bits per heavy atom. The maximum Gasteiger partial charge on any atom is 0.164 e. The third kappa shape index (κ3) is 5.21. The molecule has 11 rings (SSSR count). The van der Waals surface area contributed by atoms with Gasteiger partial charge in [-0.3, -0.25) is 0 Å². The quantitative estimate of drug-likeness (QED) is 0.172. The van der Waals surface area contributed by atoms with Crippen molar-refractivity contribution >= 4 is 43.6 Å². The summed E-state index contributed by atoms with van der Waals surface area (Å²) in [5.41, 5.74) is 11.9. The fraction of sp³-hybridized carbons (Fsp3) is 0. The topological polar surface area (TPSA) is 48.5 Å². The first kappa shape index (κ1) is 31.9. The van der Waals surface area contributed by atoms with Gasteiger partial charge in [0.25, 0.3) is 0 Å². The predicted molar refractivity (Wildman–Crippen MR) is 230 cm³/mol. The van der Waals surface area contributed by atoms with Gasteiger partial charge in [-0.2, -0.15) is 0 Å². The molecule has 0 spiro atoms. The maximum atomic E-state index is 5.14. The van der Waals surface area contributed by atoms with Gasteiger partial charge in [0.2, 0.25) is 0 Å². The van der Waals surface area contributed by atoms with Crippen LogP contribution in [0.3, 0.4) is 0 Å². The average molecular weight is 716 g/mol. The average Bonchev–Trinajstić information content (AvgIpc) is 3.80. The lowest BCUT2D eigenvalue weighted by Crippen LogP contribution is -2.01. The Morgan fingerprint density at radius 2 is 0.768 bits per heavy atom. The molecule has 0 bridgehead atoms. The zero-order chi connectivity index (χ0) is 37.0. The molecule has 11 aromatic rings. The third-order valence-corrected chi connectivity index (χ3v) is 10.8. The zero-order valence-corrected chi connectivity index (χ0v) is 30.3. The molecular weight excluding hydrogens is 683 g/mol. The Morgan fingerprint density at radius 1 is 0.286 bits per heavy atom. The van der Waals surface area contributed by atoms with Crippen LogP contribution in [0.5, 0.6) is 0 Å². The molecule has 0 N–H and O–H groups in total. The molecular formula is C51H33N5. The van der Waals surface area contributed by atoms with Gasteiger partial charge in [0.1, 0.15) is 0 Å². The van der Waals surface area contributed by atoms with Crippen LogP contribution in [0, 0.1) is 0 Å². The minimum absolute atomic E-state index is 0.620. The molecule has 262 valence electrons. The van der Waals surface area contributed by atoms with E-state index in [0.29, 0.717) is 17.5 Å². The summed E-state index contributed by atoms with van der Waals surface area (Å²) in [6, 6.07) is 70.3. The van der Waals surface area contributed by atoms with Crippen molar-refractivity contribution in [3.8, 4) is 56.7 Å². The summed E-state index contributed by atoms with van der Waals surface area (Å²) >= 11 is 0. The van der Waals surface area contributed by atoms with Crippen LogP contribution < -0.4 is 0 Å². The van der Waals surface area contributed by atoms with Gasteiger partial charge in [0, 0.05) is 49.6 Å². The summed E-state index contributed by atoms with van der Waals surface area (Å²) in [6.45, 7) is 0. The predicted octanol–water partition coefficient (Wildman–Crippen LogP) is 12.7. The van der Waals surface area contributed by atoms with Gasteiger partial charge in [0.05, 0.1) is 22.1 Å². The maximum absolute atomic E-state index is 5.14. The van der Waals surface area contributed by atoms with Gasteiger partial charge in [-0.1, -0.05) is 158 Å². The molecule has 0 atom stereocenters. The van der Waals surface area contributed by atoms with Crippen LogP contribution in [0.4, 0.5) is 0 Å². The van der Waals surface area contributed by atoms with Crippen molar-refractivity contribution in [1.82, 2.24) is 24.1 Å². The first-order valence-electron chi connectivity index (χ1n) is 18.9. The second kappa shape index (κ2) is 13.0. The zero-order valence-electron chi connectivity index (χ0n) is 30.3. The standard InChI is InChI=1S/C51H33N5/c1-4-15-34(16-5-1)35-27-29-37(30-28-35)50-52-49(36-17-6-2-7-18-36)53-51(54-50)38-19-14-22-40(33-38)56-44-25-12-10-23-41(44)42-31-32-46-47(48(42)56)43-24-11-13-26-45(43)55(46)39-20-8-3-9-21-39/h1-33H. The van der Waals surface area contributed by atoms with Gasteiger partial charge in [-0.15, -0.1) is 0 Å². The monoisotopic (exact) mass is 715 g/mol. The van der Waals surface area contributed by atoms with Crippen molar-refractivity contribution in [1.29, 1.82) is 0 Å². The van der Waals surface area contributed by atoms with E-state index in [1.54, 1.807) is 0 Å². The lowest BCUT2D eigenvalue weighted by Gasteiger charge is -2.12. The van der Waals surface area contributed by atoms with E-state index in [-0.39, 0.29) is 0 Å². The highest BCUT2D eigenvalue weighted by atomic mass is 15.0. The number of nitrogens with zero attached hydrogens (tertiary/aromatic N) is 5. The molecule has 0 aliphatic rings. The number of para-hydroxylation sites is 3. The Hall–Kier alpha value is -7.63. The van der Waals surface area contributed by atoms with E-state index in [4.69, 9.17) is 15.0 Å². The highest BCUT2D eigenvalue weighted by Gasteiger charge is 2.21. The van der Waals surface area contributed by atoms with Gasteiger partial charge in [-0.05, 0) is 53.6 Å². The molecule has 0 fully saturated rings. The van der Waals surface area contributed by atoms with Crippen LogP contribution >= 0.6 is 0 Å². The number of hydrogen-bond acceptors (Lipinski definition) is 3. The fourth-order valence-corrected chi connectivity index (χ4v) is 8.21. The van der Waals surface area contributed by atoms with E-state index < -0.39 is 0 Å². The van der Waals surface area contributed by atoms with E-state index in [1.165, 1.54) is 38.1 Å². The second-order valence-electron chi connectivity index (χ2n) is 14.1. The van der Waals surface area contributed by atoms with E-state index >= 15 is 0 Å². The van der Waals surface area contributed by atoms with Crippen molar-refractivity contribution in [3.05, 3.63) is 200 Å². The highest BCUT2D eigenvalue weighted by Crippen LogP contribution is 2.42. The van der Waals surface area contributed by atoms with Gasteiger partial charge >= 0.3 is 0 Å².